The second-order valence-corrected chi connectivity index (χ2v) is 10.5. The summed E-state index contributed by atoms with van der Waals surface area (Å²) in [5.41, 5.74) is 1.01. The highest BCUT2D eigenvalue weighted by Crippen LogP contribution is 2.27. The molecule has 136 valence electrons. The molecule has 1 heterocycles. The van der Waals surface area contributed by atoms with Gasteiger partial charge >= 0.3 is 0 Å². The first-order chi connectivity index (χ1) is 11.0. The van der Waals surface area contributed by atoms with Gasteiger partial charge in [-0.2, -0.15) is 0 Å². The summed E-state index contributed by atoms with van der Waals surface area (Å²) in [5.74, 6) is -0.548. The molecular weight excluding hydrogens is 352 g/mol. The molecule has 1 saturated heterocycles. The van der Waals surface area contributed by atoms with E-state index in [0.29, 0.717) is 0 Å². The molecule has 9 heteroatoms. The number of benzene rings is 1. The van der Waals surface area contributed by atoms with Crippen molar-refractivity contribution in [3.8, 4) is 0 Å². The number of aliphatic hydroxyl groups excluding tert-OH is 1. The third-order valence-electron chi connectivity index (χ3n) is 4.06. The first kappa shape index (κ1) is 19.3. The zero-order valence-electron chi connectivity index (χ0n) is 14.2. The van der Waals surface area contributed by atoms with Crippen molar-refractivity contribution in [1.82, 2.24) is 9.42 Å². The Bertz CT molecular complexity index is 786. The van der Waals surface area contributed by atoms with Gasteiger partial charge < -0.3 is 5.11 Å². The number of nitrogens with zero attached hydrogens (tertiary/aromatic N) is 2. The van der Waals surface area contributed by atoms with Gasteiger partial charge in [0.2, 0.25) is 0 Å². The summed E-state index contributed by atoms with van der Waals surface area (Å²) in [5, 5.41) is 11.4. The van der Waals surface area contributed by atoms with Gasteiger partial charge in [-0.05, 0) is 23.6 Å². The molecule has 0 bridgehead atoms. The van der Waals surface area contributed by atoms with Crippen molar-refractivity contribution in [1.29, 1.82) is 0 Å². The monoisotopic (exact) mass is 376 g/mol. The van der Waals surface area contributed by atoms with Gasteiger partial charge in [-0.3, -0.25) is 0 Å². The van der Waals surface area contributed by atoms with Crippen LogP contribution in [0.2, 0.25) is 0 Å². The molecule has 1 aromatic carbocycles. The van der Waals surface area contributed by atoms with Gasteiger partial charge in [-0.15, -0.1) is 4.41 Å². The molecule has 0 unspecified atom stereocenters. The molecule has 0 aromatic heterocycles. The molecule has 24 heavy (non-hydrogen) atoms. The predicted octanol–water partition coefficient (Wildman–Crippen LogP) is 0.435. The lowest BCUT2D eigenvalue weighted by Crippen LogP contribution is -2.53. The molecule has 0 radical (unpaired) electrons. The van der Waals surface area contributed by atoms with E-state index in [0.717, 1.165) is 9.98 Å². The van der Waals surface area contributed by atoms with E-state index < -0.39 is 43.5 Å². The molecule has 1 aromatic rings. The van der Waals surface area contributed by atoms with Gasteiger partial charge in [0.05, 0.1) is 28.5 Å². The molecule has 7 nitrogen and oxygen atoms in total. The van der Waals surface area contributed by atoms with Gasteiger partial charge in [0.25, 0.3) is 10.0 Å². The summed E-state index contributed by atoms with van der Waals surface area (Å²) in [6, 6.07) is 5.48. The minimum atomic E-state index is -3.97. The molecule has 0 spiro atoms. The van der Waals surface area contributed by atoms with Crippen LogP contribution in [-0.2, 0) is 19.9 Å². The Hall–Kier alpha value is -1.00. The molecule has 0 amide bonds. The Morgan fingerprint density at radius 1 is 1.12 bits per heavy atom. The predicted molar refractivity (Wildman–Crippen MR) is 91.7 cm³/mol. The minimum absolute atomic E-state index is 0.0668. The van der Waals surface area contributed by atoms with E-state index in [1.165, 1.54) is 31.2 Å². The molecular formula is C15H24N2O5S2. The number of sulfone groups is 1. The van der Waals surface area contributed by atoms with Crippen molar-refractivity contribution in [2.75, 3.05) is 25.6 Å². The fraction of sp³-hybridized carbons (Fsp3) is 0.600. The molecule has 1 fully saturated rings. The van der Waals surface area contributed by atoms with Crippen LogP contribution in [0.25, 0.3) is 0 Å². The van der Waals surface area contributed by atoms with Crippen LogP contribution < -0.4 is 0 Å². The van der Waals surface area contributed by atoms with Crippen molar-refractivity contribution < 1.29 is 21.9 Å². The Morgan fingerprint density at radius 3 is 2.04 bits per heavy atom. The Kier molecular flexibility index (Phi) is 5.41. The van der Waals surface area contributed by atoms with E-state index in [1.54, 1.807) is 12.1 Å². The smallest absolute Gasteiger partial charge is 0.256 e. The molecule has 1 aliphatic rings. The van der Waals surface area contributed by atoms with Crippen molar-refractivity contribution in [2.45, 2.75) is 36.8 Å². The Balaban J connectivity index is 2.43. The van der Waals surface area contributed by atoms with Crippen molar-refractivity contribution in [3.05, 3.63) is 29.8 Å². The summed E-state index contributed by atoms with van der Waals surface area (Å²) >= 11 is 0. The fourth-order valence-electron chi connectivity index (χ4n) is 2.84. The highest BCUT2D eigenvalue weighted by atomic mass is 32.2. The number of hydrogen-bond acceptors (Lipinski definition) is 6. The quantitative estimate of drug-likeness (QED) is 0.749. The number of hydrazine groups is 1. The Labute approximate surface area is 143 Å². The maximum Gasteiger partial charge on any atom is 0.256 e. The number of hydrogen-bond donors (Lipinski definition) is 1. The van der Waals surface area contributed by atoms with Gasteiger partial charge in [-0.25, -0.2) is 21.8 Å². The lowest BCUT2D eigenvalue weighted by molar-refractivity contribution is 0.0272. The maximum absolute atomic E-state index is 13.0. The topological polar surface area (TPSA) is 95.0 Å². The summed E-state index contributed by atoms with van der Waals surface area (Å²) in [6.45, 7) is 4.02. The first-order valence-corrected chi connectivity index (χ1v) is 10.9. The SMILES string of the molecule is CC(C)c1ccc(S(=O)(=O)N([C@H]2CS(=O)(=O)C[C@H]2O)N(C)C)cc1. The Morgan fingerprint density at radius 2 is 1.67 bits per heavy atom. The van der Waals surface area contributed by atoms with Gasteiger partial charge in [0, 0.05) is 14.1 Å². The van der Waals surface area contributed by atoms with E-state index >= 15 is 0 Å². The van der Waals surface area contributed by atoms with Gasteiger partial charge in [0.15, 0.2) is 9.84 Å². The van der Waals surface area contributed by atoms with E-state index in [9.17, 15) is 21.9 Å². The van der Waals surface area contributed by atoms with Crippen molar-refractivity contribution >= 4 is 19.9 Å². The third kappa shape index (κ3) is 3.80. The zero-order chi connectivity index (χ0) is 18.3. The highest BCUT2D eigenvalue weighted by Gasteiger charge is 2.46. The molecule has 2 rings (SSSR count). The first-order valence-electron chi connectivity index (χ1n) is 7.66. The second-order valence-electron chi connectivity index (χ2n) is 6.56. The number of sulfonamides is 1. The molecule has 0 aliphatic carbocycles. The van der Waals surface area contributed by atoms with Crippen LogP contribution in [0, 0.1) is 0 Å². The van der Waals surface area contributed by atoms with Crippen LogP contribution in [0.1, 0.15) is 25.3 Å². The average Bonchev–Trinajstić information content (AvgIpc) is 2.71. The lowest BCUT2D eigenvalue weighted by atomic mass is 10.0. The van der Waals surface area contributed by atoms with Gasteiger partial charge in [-0.1, -0.05) is 26.0 Å². The van der Waals surface area contributed by atoms with Crippen LogP contribution in [0.15, 0.2) is 29.2 Å². The molecule has 1 aliphatic heterocycles. The van der Waals surface area contributed by atoms with Crippen LogP contribution >= 0.6 is 0 Å². The molecule has 0 saturated carbocycles. The zero-order valence-corrected chi connectivity index (χ0v) is 15.9. The van der Waals surface area contributed by atoms with Crippen LogP contribution in [0.4, 0.5) is 0 Å². The minimum Gasteiger partial charge on any atom is -0.390 e. The van der Waals surface area contributed by atoms with E-state index in [4.69, 9.17) is 0 Å². The van der Waals surface area contributed by atoms with Crippen molar-refractivity contribution in [3.63, 3.8) is 0 Å². The standard InChI is InChI=1S/C15H24N2O5S2/c1-11(2)12-5-7-13(8-6-12)24(21,22)17(16(3)4)14-9-23(19,20)10-15(14)18/h5-8,11,14-15,18H,9-10H2,1-4H3/t14-,15+/m0/s1. The lowest BCUT2D eigenvalue weighted by Gasteiger charge is -2.34. The number of aliphatic hydroxyl groups is 1. The second kappa shape index (κ2) is 6.72. The van der Waals surface area contributed by atoms with Crippen LogP contribution in [0.5, 0.6) is 0 Å². The van der Waals surface area contributed by atoms with Crippen LogP contribution in [-0.4, -0.2) is 69.1 Å². The average molecular weight is 377 g/mol. The highest BCUT2D eigenvalue weighted by molar-refractivity contribution is 7.92. The summed E-state index contributed by atoms with van der Waals surface area (Å²) in [4.78, 5) is 0.0668. The summed E-state index contributed by atoms with van der Waals surface area (Å²) < 4.78 is 50.4. The van der Waals surface area contributed by atoms with E-state index in [1.807, 2.05) is 13.8 Å². The van der Waals surface area contributed by atoms with Crippen LogP contribution in [0.3, 0.4) is 0 Å². The summed E-state index contributed by atoms with van der Waals surface area (Å²) in [6.07, 6.45) is -1.25. The number of rotatable bonds is 5. The maximum atomic E-state index is 13.0. The molecule has 1 N–H and O–H groups in total. The summed E-state index contributed by atoms with van der Waals surface area (Å²) in [7, 11) is -4.42. The normalized spacial score (nSPS) is 24.2. The largest absolute Gasteiger partial charge is 0.390 e. The van der Waals surface area contributed by atoms with E-state index in [2.05, 4.69) is 0 Å². The fourth-order valence-corrected chi connectivity index (χ4v) is 6.40. The van der Waals surface area contributed by atoms with E-state index in [-0.39, 0.29) is 10.8 Å². The third-order valence-corrected chi connectivity index (χ3v) is 7.72. The molecule has 2 atom stereocenters. The van der Waals surface area contributed by atoms with Crippen molar-refractivity contribution in [2.24, 2.45) is 0 Å². The van der Waals surface area contributed by atoms with Gasteiger partial charge in [0.1, 0.15) is 0 Å².